The quantitative estimate of drug-likeness (QED) is 0.0849. The molecule has 110 heavy (non-hydrogen) atoms. The molecule has 18 heteroatoms. The van der Waals surface area contributed by atoms with E-state index in [2.05, 4.69) is 27.7 Å². The van der Waals surface area contributed by atoms with Crippen LogP contribution in [0.25, 0.3) is 0 Å². The highest BCUT2D eigenvalue weighted by Gasteiger charge is 2.67. The lowest BCUT2D eigenvalue weighted by Crippen LogP contribution is -2.61. The summed E-state index contributed by atoms with van der Waals surface area (Å²) in [5.41, 5.74) is -4.48. The Morgan fingerprint density at radius 3 is 1.29 bits per heavy atom. The van der Waals surface area contributed by atoms with Crippen LogP contribution in [0, 0.1) is 121 Å². The second-order valence-corrected chi connectivity index (χ2v) is 43.1. The van der Waals surface area contributed by atoms with Gasteiger partial charge in [-0.15, -0.1) is 0 Å². The van der Waals surface area contributed by atoms with E-state index in [-0.39, 0.29) is 118 Å². The molecule has 18 nitrogen and oxygen atoms in total. The summed E-state index contributed by atoms with van der Waals surface area (Å²) in [6.45, 7) is 40.1. The van der Waals surface area contributed by atoms with Crippen LogP contribution in [0.4, 0.5) is 0 Å². The third-order valence-electron chi connectivity index (χ3n) is 32.6. The lowest BCUT2D eigenvalue weighted by atomic mass is 9.49. The average molecular weight is 1540 g/mol. The van der Waals surface area contributed by atoms with Crippen molar-refractivity contribution in [2.75, 3.05) is 6.61 Å². The van der Waals surface area contributed by atoms with Crippen molar-refractivity contribution in [1.82, 2.24) is 0 Å². The number of ether oxygens (including phenoxy) is 8. The molecule has 18 atom stereocenters. The summed E-state index contributed by atoms with van der Waals surface area (Å²) in [5, 5.41) is 21.3. The van der Waals surface area contributed by atoms with Gasteiger partial charge in [0, 0.05) is 36.5 Å². The summed E-state index contributed by atoms with van der Waals surface area (Å²) in [4.78, 5) is 96.0. The SMILES string of the molecule is CCC(C)(C)C(=O)OC1(CC)CC2CC1C1CCCC21.CCC(C)(C)C(=O)OC12CC3CC(CC(O)(C3)C1)C2.CCC(C)(C)C(=O)OC12CC3CC(CC(O)(C3)C1)C2.CCC(C)(C)C(=O)OC1C2CC3C(=O)OC1C3C2.CCC(C)(C)C(=O)OC1COC(=O)C1.CCC1C2CC3CC(C2)CC1(OC(=O)C(C)(C)CC)C3. The molecule has 19 fully saturated rings. The van der Waals surface area contributed by atoms with E-state index < -0.39 is 32.9 Å². The molecule has 19 aliphatic rings. The molecule has 16 bridgehead atoms. The van der Waals surface area contributed by atoms with Crippen molar-refractivity contribution in [2.45, 2.75) is 402 Å². The maximum Gasteiger partial charge on any atom is 0.312 e. The number of fused-ring (bicyclic) bond motifs is 6. The van der Waals surface area contributed by atoms with E-state index in [4.69, 9.17) is 37.9 Å². The molecular formula is C92H148O18. The molecule has 0 amide bonds. The standard InChI is InChI=1S/2C18H30O2.2C16H26O3.C14H20O4.C10H16O4/c1-5-15-14-8-12-7-13(9-14)11-18(15,10-12)20-16(19)17(3,4)6-2;1-5-17(3,4)16(19)20-18(6-2)11-12-10-15(18)14-9-7-8-13(12)14;2*1-4-14(2,3)13(17)19-16-8-11-5-12(9-16)7-15(18,6-11)10-16;1-4-14(2,3)13(16)18-10-7-5-8-9(6-7)12(15)17-11(8)10;1-4-10(2,3)9(12)14-7-5-8(11)13-6-7/h2*12-15H,5-11H2,1-4H3;2*11-12,18H,4-10H2,1-3H3;7-11H,4-6H2,1-3H3;7H,4-6H2,1-3H3. The van der Waals surface area contributed by atoms with E-state index in [1.807, 2.05) is 111 Å². The summed E-state index contributed by atoms with van der Waals surface area (Å²) in [6.07, 6.45) is 32.6. The van der Waals surface area contributed by atoms with Crippen LogP contribution in [0.5, 0.6) is 0 Å². The minimum atomic E-state index is -0.555. The smallest absolute Gasteiger partial charge is 0.312 e. The van der Waals surface area contributed by atoms with Gasteiger partial charge >= 0.3 is 47.8 Å². The summed E-state index contributed by atoms with van der Waals surface area (Å²) >= 11 is 0. The molecule has 624 valence electrons. The summed E-state index contributed by atoms with van der Waals surface area (Å²) in [6, 6.07) is 0. The largest absolute Gasteiger partial charge is 0.462 e. The van der Waals surface area contributed by atoms with Crippen molar-refractivity contribution >= 4 is 47.8 Å². The van der Waals surface area contributed by atoms with Gasteiger partial charge in [-0.25, -0.2) is 0 Å². The van der Waals surface area contributed by atoms with Crippen LogP contribution >= 0.6 is 0 Å². The van der Waals surface area contributed by atoms with Gasteiger partial charge in [-0.1, -0.05) is 61.8 Å². The van der Waals surface area contributed by atoms with Crippen LogP contribution in [0.2, 0.25) is 0 Å². The van der Waals surface area contributed by atoms with Crippen LogP contribution in [-0.4, -0.2) is 116 Å². The van der Waals surface area contributed by atoms with E-state index in [0.717, 1.165) is 158 Å². The predicted molar refractivity (Wildman–Crippen MR) is 419 cm³/mol. The van der Waals surface area contributed by atoms with Gasteiger partial charge in [0.2, 0.25) is 0 Å². The van der Waals surface area contributed by atoms with Crippen molar-refractivity contribution in [2.24, 2.45) is 121 Å². The van der Waals surface area contributed by atoms with Crippen LogP contribution in [-0.2, 0) is 76.3 Å². The van der Waals surface area contributed by atoms with Crippen molar-refractivity contribution in [1.29, 1.82) is 0 Å². The first-order valence-corrected chi connectivity index (χ1v) is 44.4. The number of carbonyl (C=O) groups excluding carboxylic acids is 8. The molecule has 0 spiro atoms. The Labute approximate surface area is 661 Å². The molecule has 17 aliphatic carbocycles. The predicted octanol–water partition coefficient (Wildman–Crippen LogP) is 18.4. The molecule has 2 saturated heterocycles. The summed E-state index contributed by atoms with van der Waals surface area (Å²) in [5.74, 6) is 8.44. The molecule has 0 aromatic heterocycles. The van der Waals surface area contributed by atoms with Crippen molar-refractivity contribution in [3.05, 3.63) is 0 Å². The van der Waals surface area contributed by atoms with Gasteiger partial charge in [-0.3, -0.25) is 38.4 Å². The second kappa shape index (κ2) is 31.9. The Morgan fingerprint density at radius 2 is 0.864 bits per heavy atom. The van der Waals surface area contributed by atoms with Crippen LogP contribution < -0.4 is 0 Å². The zero-order valence-electron chi connectivity index (χ0n) is 71.9. The Bertz CT molecular complexity index is 3240. The maximum atomic E-state index is 12.6. The zero-order chi connectivity index (χ0) is 80.7. The van der Waals surface area contributed by atoms with E-state index in [1.54, 1.807) is 0 Å². The third-order valence-corrected chi connectivity index (χ3v) is 32.6. The summed E-state index contributed by atoms with van der Waals surface area (Å²) in [7, 11) is 0. The minimum Gasteiger partial charge on any atom is -0.462 e. The average Bonchev–Trinajstić information content (AvgIpc) is 0.993. The van der Waals surface area contributed by atoms with Gasteiger partial charge in [0.05, 0.1) is 56.0 Å². The van der Waals surface area contributed by atoms with Gasteiger partial charge in [-0.05, 0) is 328 Å². The highest BCUT2D eigenvalue weighted by molar-refractivity contribution is 5.80. The molecule has 0 radical (unpaired) electrons. The normalized spacial score (nSPS) is 40.4. The van der Waals surface area contributed by atoms with E-state index >= 15 is 0 Å². The summed E-state index contributed by atoms with van der Waals surface area (Å²) < 4.78 is 45.3. The van der Waals surface area contributed by atoms with Gasteiger partial charge in [-0.2, -0.15) is 0 Å². The minimum absolute atomic E-state index is 0.0314. The molecular weight excluding hydrogens is 1390 g/mol. The molecule has 19 rings (SSSR count). The van der Waals surface area contributed by atoms with Gasteiger partial charge < -0.3 is 48.1 Å². The topological polar surface area (TPSA) is 251 Å². The highest BCUT2D eigenvalue weighted by Crippen LogP contribution is 2.66. The number of carbonyl (C=O) groups is 8. The first-order chi connectivity index (χ1) is 51.2. The monoisotopic (exact) mass is 1540 g/mol. The highest BCUT2D eigenvalue weighted by atomic mass is 16.6. The molecule has 0 aromatic rings. The first kappa shape index (κ1) is 86.5. The fourth-order valence-electron chi connectivity index (χ4n) is 24.7. The van der Waals surface area contributed by atoms with Crippen molar-refractivity contribution in [3.63, 3.8) is 0 Å². The Morgan fingerprint density at radius 1 is 0.436 bits per heavy atom. The number of hydrogen-bond acceptors (Lipinski definition) is 18. The number of esters is 8. The maximum absolute atomic E-state index is 12.6. The Hall–Kier alpha value is -4.32. The van der Waals surface area contributed by atoms with Gasteiger partial charge in [0.1, 0.15) is 47.3 Å². The Kier molecular flexibility index (Phi) is 25.1. The van der Waals surface area contributed by atoms with Crippen molar-refractivity contribution in [3.8, 4) is 0 Å². The van der Waals surface area contributed by atoms with E-state index in [1.165, 1.54) is 64.2 Å². The Balaban J connectivity index is 0.000000131. The van der Waals surface area contributed by atoms with Gasteiger partial charge in [0.15, 0.2) is 0 Å². The van der Waals surface area contributed by atoms with E-state index in [0.29, 0.717) is 66.6 Å². The molecule has 2 aliphatic heterocycles. The first-order valence-electron chi connectivity index (χ1n) is 44.4. The fourth-order valence-corrected chi connectivity index (χ4v) is 24.7. The number of rotatable bonds is 20. The van der Waals surface area contributed by atoms with Gasteiger partial charge in [0.25, 0.3) is 0 Å². The van der Waals surface area contributed by atoms with Crippen LogP contribution in [0.15, 0.2) is 0 Å². The molecule has 17 saturated carbocycles. The van der Waals surface area contributed by atoms with Crippen LogP contribution in [0.3, 0.4) is 0 Å². The van der Waals surface area contributed by atoms with Crippen LogP contribution in [0.1, 0.15) is 350 Å². The molecule has 2 heterocycles. The number of aliphatic hydroxyl groups is 2. The molecule has 0 aromatic carbocycles. The number of cyclic esters (lactones) is 1. The molecule has 18 unspecified atom stereocenters. The molecule has 2 N–H and O–H groups in total. The second-order valence-electron chi connectivity index (χ2n) is 43.1. The van der Waals surface area contributed by atoms with E-state index in [9.17, 15) is 48.6 Å². The number of hydrogen-bond donors (Lipinski definition) is 2. The third kappa shape index (κ3) is 17.7. The lowest BCUT2D eigenvalue weighted by Gasteiger charge is -2.60. The fraction of sp³-hybridized carbons (Fsp3) is 0.913. The zero-order valence-corrected chi connectivity index (χ0v) is 71.9. The lowest BCUT2D eigenvalue weighted by molar-refractivity contribution is -0.226. The van der Waals surface area contributed by atoms with Crippen molar-refractivity contribution < 1.29 is 86.5 Å².